The molecule has 0 aromatic carbocycles. The van der Waals surface area contributed by atoms with E-state index in [4.69, 9.17) is 18.9 Å². The highest BCUT2D eigenvalue weighted by Crippen LogP contribution is 2.23. The first kappa shape index (κ1) is 55.2. The van der Waals surface area contributed by atoms with Gasteiger partial charge in [-0.3, -0.25) is 4.79 Å². The van der Waals surface area contributed by atoms with Gasteiger partial charge in [0.1, 0.15) is 30.5 Å². The number of aliphatic hydroxyl groups is 4. The fourth-order valence-electron chi connectivity index (χ4n) is 8.08. The molecule has 0 aromatic heterocycles. The first-order valence-electron chi connectivity index (χ1n) is 25.1. The molecule has 1 fully saturated rings. The molecule has 1 saturated heterocycles. The zero-order valence-electron chi connectivity index (χ0n) is 38.1. The van der Waals surface area contributed by atoms with E-state index in [2.05, 4.69) is 13.8 Å². The SMILES string of the molecule is CCCCCCCCCCCCCCCCCCCCC(=O)OC(COCCCCCCCCCCCCCCCCCCC)COC1OC(CO)C(O)C(O)C1O. The summed E-state index contributed by atoms with van der Waals surface area (Å²) in [6.07, 6.45) is 38.4. The lowest BCUT2D eigenvalue weighted by Gasteiger charge is -2.39. The number of carbonyl (C=O) groups is 1. The molecular weight excluding hydrogens is 733 g/mol. The van der Waals surface area contributed by atoms with Crippen molar-refractivity contribution in [3.63, 3.8) is 0 Å². The summed E-state index contributed by atoms with van der Waals surface area (Å²) in [4.78, 5) is 12.8. The number of carbonyl (C=O) groups excluding carboxylic acids is 1. The van der Waals surface area contributed by atoms with Crippen LogP contribution < -0.4 is 0 Å². The van der Waals surface area contributed by atoms with Crippen LogP contribution in [0.4, 0.5) is 0 Å². The summed E-state index contributed by atoms with van der Waals surface area (Å²) in [7, 11) is 0. The van der Waals surface area contributed by atoms with Gasteiger partial charge in [-0.05, 0) is 12.8 Å². The van der Waals surface area contributed by atoms with Crippen molar-refractivity contribution in [3.05, 3.63) is 0 Å². The normalized spacial score (nSPS) is 20.1. The van der Waals surface area contributed by atoms with Crippen LogP contribution in [0.15, 0.2) is 0 Å². The Morgan fingerprint density at radius 1 is 0.483 bits per heavy atom. The van der Waals surface area contributed by atoms with Gasteiger partial charge in [0.25, 0.3) is 0 Å². The van der Waals surface area contributed by atoms with Crippen LogP contribution in [0, 0.1) is 0 Å². The maximum atomic E-state index is 12.8. The minimum Gasteiger partial charge on any atom is -0.457 e. The van der Waals surface area contributed by atoms with Crippen molar-refractivity contribution in [1.82, 2.24) is 0 Å². The largest absolute Gasteiger partial charge is 0.457 e. The van der Waals surface area contributed by atoms with E-state index in [1.807, 2.05) is 0 Å². The molecule has 9 nitrogen and oxygen atoms in total. The number of unbranched alkanes of at least 4 members (excludes halogenated alkanes) is 33. The van der Waals surface area contributed by atoms with E-state index >= 15 is 0 Å². The van der Waals surface area contributed by atoms with E-state index in [1.165, 1.54) is 193 Å². The lowest BCUT2D eigenvalue weighted by Crippen LogP contribution is -2.59. The van der Waals surface area contributed by atoms with Crippen LogP contribution in [0.3, 0.4) is 0 Å². The zero-order chi connectivity index (χ0) is 42.2. The molecule has 6 unspecified atom stereocenters. The summed E-state index contributed by atoms with van der Waals surface area (Å²) in [6, 6.07) is 0. The first-order valence-corrected chi connectivity index (χ1v) is 25.1. The molecule has 0 aliphatic carbocycles. The Morgan fingerprint density at radius 2 is 0.845 bits per heavy atom. The number of aliphatic hydroxyl groups excluding tert-OH is 4. The van der Waals surface area contributed by atoms with Crippen molar-refractivity contribution in [2.24, 2.45) is 0 Å². The molecule has 0 radical (unpaired) electrons. The van der Waals surface area contributed by atoms with Crippen molar-refractivity contribution >= 4 is 5.97 Å². The number of rotatable bonds is 44. The molecule has 1 heterocycles. The van der Waals surface area contributed by atoms with Gasteiger partial charge in [-0.1, -0.05) is 226 Å². The van der Waals surface area contributed by atoms with Crippen molar-refractivity contribution in [2.75, 3.05) is 26.4 Å². The molecule has 4 N–H and O–H groups in total. The zero-order valence-corrected chi connectivity index (χ0v) is 38.1. The van der Waals surface area contributed by atoms with E-state index in [1.54, 1.807) is 0 Å². The fraction of sp³-hybridized carbons (Fsp3) is 0.980. The summed E-state index contributed by atoms with van der Waals surface area (Å²) in [5.74, 6) is -0.305. The standard InChI is InChI=1S/C49H96O9/c1-3-5-7-9-11-13-15-17-19-21-22-24-26-28-30-32-34-36-38-45(51)57-43(42-56-49-48(54)47(53)46(52)44(40-50)58-49)41-55-39-37-35-33-31-29-27-25-23-20-18-16-14-12-10-8-6-4-2/h43-44,46-50,52-54H,3-42H2,1-2H3. The third-order valence-corrected chi connectivity index (χ3v) is 12.0. The summed E-state index contributed by atoms with van der Waals surface area (Å²) < 4.78 is 22.9. The number of hydrogen-bond donors (Lipinski definition) is 4. The Labute approximate surface area is 357 Å². The second-order valence-corrected chi connectivity index (χ2v) is 17.6. The minimum absolute atomic E-state index is 0.105. The Morgan fingerprint density at radius 3 is 1.22 bits per heavy atom. The number of ether oxygens (including phenoxy) is 4. The molecule has 9 heteroatoms. The first-order chi connectivity index (χ1) is 28.4. The van der Waals surface area contributed by atoms with Crippen molar-refractivity contribution in [2.45, 2.75) is 282 Å². The van der Waals surface area contributed by atoms with Crippen LogP contribution in [0.1, 0.15) is 245 Å². The maximum absolute atomic E-state index is 12.8. The van der Waals surface area contributed by atoms with Crippen LogP contribution in [0.2, 0.25) is 0 Å². The van der Waals surface area contributed by atoms with Gasteiger partial charge in [-0.25, -0.2) is 0 Å². The lowest BCUT2D eigenvalue weighted by molar-refractivity contribution is -0.305. The highest BCUT2D eigenvalue weighted by molar-refractivity contribution is 5.69. The van der Waals surface area contributed by atoms with E-state index < -0.39 is 43.4 Å². The molecule has 0 spiro atoms. The van der Waals surface area contributed by atoms with Gasteiger partial charge in [-0.2, -0.15) is 0 Å². The van der Waals surface area contributed by atoms with Crippen LogP contribution in [0.25, 0.3) is 0 Å². The van der Waals surface area contributed by atoms with Crippen LogP contribution in [-0.4, -0.2) is 89.6 Å². The van der Waals surface area contributed by atoms with Gasteiger partial charge in [0.05, 0.1) is 19.8 Å². The van der Waals surface area contributed by atoms with Crippen LogP contribution >= 0.6 is 0 Å². The Balaban J connectivity index is 2.19. The van der Waals surface area contributed by atoms with Crippen LogP contribution in [0.5, 0.6) is 0 Å². The van der Waals surface area contributed by atoms with Gasteiger partial charge in [0.15, 0.2) is 6.29 Å². The van der Waals surface area contributed by atoms with E-state index in [0.29, 0.717) is 13.0 Å². The Bertz CT molecular complexity index is 858. The predicted octanol–water partition coefficient (Wildman–Crippen LogP) is 11.8. The number of esters is 1. The van der Waals surface area contributed by atoms with Gasteiger partial charge < -0.3 is 39.4 Å². The fourth-order valence-corrected chi connectivity index (χ4v) is 8.08. The van der Waals surface area contributed by atoms with Crippen molar-refractivity contribution < 1.29 is 44.2 Å². The molecule has 0 aromatic rings. The van der Waals surface area contributed by atoms with E-state index in [9.17, 15) is 25.2 Å². The third-order valence-electron chi connectivity index (χ3n) is 12.0. The number of hydrogen-bond acceptors (Lipinski definition) is 9. The van der Waals surface area contributed by atoms with Gasteiger partial charge in [-0.15, -0.1) is 0 Å². The summed E-state index contributed by atoms with van der Waals surface area (Å²) >= 11 is 0. The Hall–Kier alpha value is -0.810. The average Bonchev–Trinajstić information content (AvgIpc) is 3.22. The molecule has 58 heavy (non-hydrogen) atoms. The summed E-state index contributed by atoms with van der Waals surface area (Å²) in [5.41, 5.74) is 0. The molecule has 1 aliphatic heterocycles. The molecule has 6 atom stereocenters. The van der Waals surface area contributed by atoms with Crippen LogP contribution in [-0.2, 0) is 23.7 Å². The molecule has 346 valence electrons. The highest BCUT2D eigenvalue weighted by Gasteiger charge is 2.44. The quantitative estimate of drug-likeness (QED) is 0.0350. The van der Waals surface area contributed by atoms with E-state index in [0.717, 1.165) is 32.1 Å². The second-order valence-electron chi connectivity index (χ2n) is 17.6. The smallest absolute Gasteiger partial charge is 0.306 e. The van der Waals surface area contributed by atoms with Gasteiger partial charge in [0, 0.05) is 13.0 Å². The molecule has 1 aliphatic rings. The Kier molecular flexibility index (Phi) is 39.5. The highest BCUT2D eigenvalue weighted by atomic mass is 16.7. The molecule has 0 amide bonds. The molecule has 0 bridgehead atoms. The van der Waals surface area contributed by atoms with Crippen molar-refractivity contribution in [1.29, 1.82) is 0 Å². The topological polar surface area (TPSA) is 135 Å². The average molecular weight is 829 g/mol. The van der Waals surface area contributed by atoms with Gasteiger partial charge in [0.2, 0.25) is 0 Å². The summed E-state index contributed by atoms with van der Waals surface area (Å²) in [5, 5.41) is 40.2. The van der Waals surface area contributed by atoms with E-state index in [-0.39, 0.29) is 19.2 Å². The minimum atomic E-state index is -1.53. The molecular formula is C49H96O9. The lowest BCUT2D eigenvalue weighted by atomic mass is 9.99. The summed E-state index contributed by atoms with van der Waals surface area (Å²) in [6.45, 7) is 4.63. The predicted molar refractivity (Wildman–Crippen MR) is 238 cm³/mol. The maximum Gasteiger partial charge on any atom is 0.306 e. The third kappa shape index (κ3) is 32.0. The molecule has 0 saturated carbocycles. The van der Waals surface area contributed by atoms with Gasteiger partial charge >= 0.3 is 5.97 Å². The van der Waals surface area contributed by atoms with Crippen molar-refractivity contribution in [3.8, 4) is 0 Å². The second kappa shape index (κ2) is 41.5. The molecule has 1 rings (SSSR count). The monoisotopic (exact) mass is 829 g/mol.